The minimum atomic E-state index is -0.0675. The lowest BCUT2D eigenvalue weighted by Gasteiger charge is -2.12. The lowest BCUT2D eigenvalue weighted by atomic mass is 10.3. The normalized spacial score (nSPS) is 12.5. The predicted molar refractivity (Wildman–Crippen MR) is 54.2 cm³/mol. The summed E-state index contributed by atoms with van der Waals surface area (Å²) in [5, 5.41) is 2.84. The van der Waals surface area contributed by atoms with Crippen LogP contribution >= 0.6 is 0 Å². The Hall–Kier alpha value is -1.29. The number of carbonyl (C=O) groups is 1. The zero-order valence-corrected chi connectivity index (χ0v) is 8.78. The fourth-order valence-electron chi connectivity index (χ4n) is 1.29. The Morgan fingerprint density at radius 3 is 2.93 bits per heavy atom. The van der Waals surface area contributed by atoms with Crippen LogP contribution in [0.4, 0.5) is 0 Å². The maximum absolute atomic E-state index is 11.6. The molecule has 1 aromatic rings. The molecule has 1 atom stereocenters. The van der Waals surface area contributed by atoms with E-state index in [1.54, 1.807) is 17.7 Å². The van der Waals surface area contributed by atoms with Crippen molar-refractivity contribution in [2.45, 2.75) is 13.0 Å². The van der Waals surface area contributed by atoms with Gasteiger partial charge in [0.2, 0.25) is 0 Å². The van der Waals surface area contributed by atoms with Crippen molar-refractivity contribution in [2.75, 3.05) is 13.7 Å². The van der Waals surface area contributed by atoms with Crippen molar-refractivity contribution in [1.82, 2.24) is 9.88 Å². The summed E-state index contributed by atoms with van der Waals surface area (Å²) >= 11 is 0. The van der Waals surface area contributed by atoms with Crippen LogP contribution in [0.25, 0.3) is 0 Å². The first-order chi connectivity index (χ1) is 6.65. The van der Waals surface area contributed by atoms with Gasteiger partial charge in [-0.15, -0.1) is 0 Å². The topological polar surface area (TPSA) is 43.3 Å². The van der Waals surface area contributed by atoms with E-state index in [-0.39, 0.29) is 11.9 Å². The van der Waals surface area contributed by atoms with Gasteiger partial charge in [0.15, 0.2) is 0 Å². The van der Waals surface area contributed by atoms with E-state index >= 15 is 0 Å². The van der Waals surface area contributed by atoms with Crippen LogP contribution < -0.4 is 5.32 Å². The molecule has 0 aliphatic carbocycles. The van der Waals surface area contributed by atoms with Crippen LogP contribution in [0.2, 0.25) is 0 Å². The van der Waals surface area contributed by atoms with Crippen LogP contribution in [-0.2, 0) is 11.8 Å². The van der Waals surface area contributed by atoms with Gasteiger partial charge in [-0.2, -0.15) is 0 Å². The molecule has 4 heteroatoms. The Bertz CT molecular complexity index is 307. The Morgan fingerprint density at radius 2 is 2.43 bits per heavy atom. The smallest absolute Gasteiger partial charge is 0.268 e. The van der Waals surface area contributed by atoms with Gasteiger partial charge in [0.05, 0.1) is 6.61 Å². The molecule has 1 aromatic heterocycles. The SMILES string of the molecule is COC[C@@H](C)NC(=O)c1cccn1C. The maximum atomic E-state index is 11.6. The van der Waals surface area contributed by atoms with Gasteiger partial charge in [0, 0.05) is 26.4 Å². The first-order valence-corrected chi connectivity index (χ1v) is 4.56. The number of ether oxygens (including phenoxy) is 1. The van der Waals surface area contributed by atoms with Gasteiger partial charge in [0.25, 0.3) is 5.91 Å². The zero-order chi connectivity index (χ0) is 10.6. The summed E-state index contributed by atoms with van der Waals surface area (Å²) in [7, 11) is 3.46. The molecular formula is C10H16N2O2. The third-order valence-corrected chi connectivity index (χ3v) is 1.97. The summed E-state index contributed by atoms with van der Waals surface area (Å²) in [6.07, 6.45) is 1.84. The number of nitrogens with zero attached hydrogens (tertiary/aromatic N) is 1. The number of hydrogen-bond acceptors (Lipinski definition) is 2. The number of nitrogens with one attached hydrogen (secondary N) is 1. The number of amides is 1. The fourth-order valence-corrected chi connectivity index (χ4v) is 1.29. The third-order valence-electron chi connectivity index (χ3n) is 1.97. The second kappa shape index (κ2) is 4.81. The molecule has 1 rings (SSSR count). The second-order valence-corrected chi connectivity index (χ2v) is 3.33. The molecule has 0 unspecified atom stereocenters. The van der Waals surface area contributed by atoms with Gasteiger partial charge in [-0.05, 0) is 19.1 Å². The molecular weight excluding hydrogens is 180 g/mol. The van der Waals surface area contributed by atoms with E-state index in [4.69, 9.17) is 4.74 Å². The minimum absolute atomic E-state index is 0.0300. The summed E-state index contributed by atoms with van der Waals surface area (Å²) < 4.78 is 6.72. The van der Waals surface area contributed by atoms with Crippen LogP contribution in [0, 0.1) is 0 Å². The Kier molecular flexibility index (Phi) is 3.71. The highest BCUT2D eigenvalue weighted by molar-refractivity contribution is 5.92. The first-order valence-electron chi connectivity index (χ1n) is 4.56. The molecule has 78 valence electrons. The van der Waals surface area contributed by atoms with E-state index in [9.17, 15) is 4.79 Å². The molecule has 1 heterocycles. The molecule has 0 radical (unpaired) electrons. The standard InChI is InChI=1S/C10H16N2O2/c1-8(7-14-3)11-10(13)9-5-4-6-12(9)2/h4-6,8H,7H2,1-3H3,(H,11,13)/t8-/m1/s1. The number of methoxy groups -OCH3 is 1. The van der Waals surface area contributed by atoms with Crippen molar-refractivity contribution < 1.29 is 9.53 Å². The number of rotatable bonds is 4. The number of carbonyl (C=O) groups excluding carboxylic acids is 1. The highest BCUT2D eigenvalue weighted by atomic mass is 16.5. The van der Waals surface area contributed by atoms with E-state index in [1.165, 1.54) is 0 Å². The van der Waals surface area contributed by atoms with Gasteiger partial charge in [-0.3, -0.25) is 4.79 Å². The molecule has 4 nitrogen and oxygen atoms in total. The van der Waals surface area contributed by atoms with Crippen molar-refractivity contribution in [3.63, 3.8) is 0 Å². The van der Waals surface area contributed by atoms with E-state index in [0.29, 0.717) is 12.3 Å². The summed E-state index contributed by atoms with van der Waals surface area (Å²) in [6.45, 7) is 2.43. The lowest BCUT2D eigenvalue weighted by molar-refractivity contribution is 0.0897. The molecule has 1 amide bonds. The van der Waals surface area contributed by atoms with E-state index in [0.717, 1.165) is 0 Å². The second-order valence-electron chi connectivity index (χ2n) is 3.33. The molecule has 0 saturated heterocycles. The van der Waals surface area contributed by atoms with Crippen LogP contribution in [0.3, 0.4) is 0 Å². The largest absolute Gasteiger partial charge is 0.383 e. The van der Waals surface area contributed by atoms with Gasteiger partial charge in [0.1, 0.15) is 5.69 Å². The maximum Gasteiger partial charge on any atom is 0.268 e. The fraction of sp³-hybridized carbons (Fsp3) is 0.500. The minimum Gasteiger partial charge on any atom is -0.383 e. The van der Waals surface area contributed by atoms with Crippen molar-refractivity contribution in [1.29, 1.82) is 0 Å². The van der Waals surface area contributed by atoms with Crippen LogP contribution in [0.5, 0.6) is 0 Å². The average Bonchev–Trinajstić information content (AvgIpc) is 2.51. The van der Waals surface area contributed by atoms with Crippen molar-refractivity contribution in [2.24, 2.45) is 7.05 Å². The van der Waals surface area contributed by atoms with E-state index in [2.05, 4.69) is 5.32 Å². The molecule has 0 aliphatic heterocycles. The molecule has 0 aliphatic rings. The average molecular weight is 196 g/mol. The van der Waals surface area contributed by atoms with Crippen molar-refractivity contribution in [3.8, 4) is 0 Å². The molecule has 0 saturated carbocycles. The quantitative estimate of drug-likeness (QED) is 0.773. The zero-order valence-electron chi connectivity index (χ0n) is 8.78. The summed E-state index contributed by atoms with van der Waals surface area (Å²) in [5.41, 5.74) is 0.660. The Labute approximate surface area is 83.9 Å². The highest BCUT2D eigenvalue weighted by Crippen LogP contribution is 1.99. The van der Waals surface area contributed by atoms with Gasteiger partial charge >= 0.3 is 0 Å². The van der Waals surface area contributed by atoms with Crippen LogP contribution in [0.15, 0.2) is 18.3 Å². The van der Waals surface area contributed by atoms with Crippen molar-refractivity contribution in [3.05, 3.63) is 24.0 Å². The summed E-state index contributed by atoms with van der Waals surface area (Å²) in [4.78, 5) is 11.6. The van der Waals surface area contributed by atoms with Crippen molar-refractivity contribution >= 4 is 5.91 Å². The first kappa shape index (κ1) is 10.8. The number of aromatic nitrogens is 1. The van der Waals surface area contributed by atoms with E-state index in [1.807, 2.05) is 26.2 Å². The van der Waals surface area contributed by atoms with Crippen LogP contribution in [-0.4, -0.2) is 30.2 Å². The molecule has 1 N–H and O–H groups in total. The molecule has 0 spiro atoms. The highest BCUT2D eigenvalue weighted by Gasteiger charge is 2.11. The van der Waals surface area contributed by atoms with Gasteiger partial charge in [-0.25, -0.2) is 0 Å². The number of aryl methyl sites for hydroxylation is 1. The Balaban J connectivity index is 2.55. The lowest BCUT2D eigenvalue weighted by Crippen LogP contribution is -2.36. The monoisotopic (exact) mass is 196 g/mol. The molecule has 0 bridgehead atoms. The van der Waals surface area contributed by atoms with Gasteiger partial charge in [-0.1, -0.05) is 0 Å². The predicted octanol–water partition coefficient (Wildman–Crippen LogP) is 0.790. The van der Waals surface area contributed by atoms with E-state index < -0.39 is 0 Å². The third kappa shape index (κ3) is 2.60. The molecule has 0 fully saturated rings. The summed E-state index contributed by atoms with van der Waals surface area (Å²) in [6, 6.07) is 3.66. The van der Waals surface area contributed by atoms with Crippen LogP contribution in [0.1, 0.15) is 17.4 Å². The Morgan fingerprint density at radius 1 is 1.71 bits per heavy atom. The molecule has 0 aromatic carbocycles. The molecule has 14 heavy (non-hydrogen) atoms. The number of hydrogen-bond donors (Lipinski definition) is 1. The van der Waals surface area contributed by atoms with Gasteiger partial charge < -0.3 is 14.6 Å². The summed E-state index contributed by atoms with van der Waals surface area (Å²) in [5.74, 6) is -0.0675.